The highest BCUT2D eigenvalue weighted by Crippen LogP contribution is 2.20. The molecule has 4 N–H and O–H groups in total. The second-order valence-electron chi connectivity index (χ2n) is 3.80. The Morgan fingerprint density at radius 2 is 1.84 bits per heavy atom. The minimum atomic E-state index is -3.44. The molecule has 8 heteroatoms. The number of hydrogen-bond donors (Lipinski definition) is 3. The van der Waals surface area contributed by atoms with Crippen LogP contribution in [0.25, 0.3) is 0 Å². The molecule has 0 unspecified atom stereocenters. The van der Waals surface area contributed by atoms with Gasteiger partial charge in [-0.25, -0.2) is 8.42 Å². The van der Waals surface area contributed by atoms with Gasteiger partial charge in [0, 0.05) is 6.26 Å². The van der Waals surface area contributed by atoms with Crippen molar-refractivity contribution in [2.75, 3.05) is 24.7 Å². The predicted octanol–water partition coefficient (Wildman–Crippen LogP) is -0.896. The van der Waals surface area contributed by atoms with E-state index < -0.39 is 21.7 Å². The molecule has 0 heterocycles. The average Bonchev–Trinajstić information content (AvgIpc) is 2.35. The Morgan fingerprint density at radius 1 is 1.21 bits per heavy atom. The lowest BCUT2D eigenvalue weighted by Crippen LogP contribution is -2.36. The van der Waals surface area contributed by atoms with Gasteiger partial charge in [-0.1, -0.05) is 12.1 Å². The summed E-state index contributed by atoms with van der Waals surface area (Å²) >= 11 is 0. The van der Waals surface area contributed by atoms with Gasteiger partial charge in [0.25, 0.3) is 0 Å². The number of sulfone groups is 1. The van der Waals surface area contributed by atoms with Crippen LogP contribution in [0.3, 0.4) is 0 Å². The lowest BCUT2D eigenvalue weighted by molar-refractivity contribution is -0.123. The zero-order valence-corrected chi connectivity index (χ0v) is 11.2. The molecule has 0 aliphatic heterocycles. The first-order valence-corrected chi connectivity index (χ1v) is 7.29. The molecule has 104 valence electrons. The topological polar surface area (TPSA) is 118 Å². The van der Waals surface area contributed by atoms with Gasteiger partial charge in [-0.2, -0.15) is 0 Å². The average molecular weight is 285 g/mol. The van der Waals surface area contributed by atoms with E-state index >= 15 is 0 Å². The first-order chi connectivity index (χ1) is 8.84. The second kappa shape index (κ2) is 6.30. The number of anilines is 1. The minimum Gasteiger partial charge on any atom is -0.346 e. The first-order valence-electron chi connectivity index (χ1n) is 5.40. The third-order valence-electron chi connectivity index (χ3n) is 2.19. The quantitative estimate of drug-likeness (QED) is 0.648. The Balaban J connectivity index is 2.78. The smallest absolute Gasteiger partial charge is 0.243 e. The van der Waals surface area contributed by atoms with Crippen molar-refractivity contribution in [1.82, 2.24) is 5.32 Å². The summed E-state index contributed by atoms with van der Waals surface area (Å²) < 4.78 is 23.0. The van der Waals surface area contributed by atoms with Gasteiger partial charge >= 0.3 is 0 Å². The van der Waals surface area contributed by atoms with Gasteiger partial charge in [0.1, 0.15) is 0 Å². The second-order valence-corrected chi connectivity index (χ2v) is 5.78. The van der Waals surface area contributed by atoms with E-state index in [0.717, 1.165) is 6.26 Å². The van der Waals surface area contributed by atoms with E-state index in [1.807, 2.05) is 0 Å². The van der Waals surface area contributed by atoms with E-state index in [9.17, 15) is 18.0 Å². The third-order valence-corrected chi connectivity index (χ3v) is 3.35. The van der Waals surface area contributed by atoms with Gasteiger partial charge < -0.3 is 16.4 Å². The highest BCUT2D eigenvalue weighted by Gasteiger charge is 2.14. The molecule has 19 heavy (non-hydrogen) atoms. The number of carbonyl (C=O) groups excluding carboxylic acids is 2. The Bertz CT molecular complexity index is 583. The van der Waals surface area contributed by atoms with E-state index in [-0.39, 0.29) is 23.7 Å². The molecule has 0 atom stereocenters. The molecule has 0 saturated heterocycles. The van der Waals surface area contributed by atoms with Crippen LogP contribution in [0.15, 0.2) is 29.2 Å². The molecule has 1 rings (SSSR count). The van der Waals surface area contributed by atoms with Crippen molar-refractivity contribution >= 4 is 27.3 Å². The molecule has 0 radical (unpaired) electrons. The van der Waals surface area contributed by atoms with Crippen molar-refractivity contribution in [2.24, 2.45) is 5.73 Å². The SMILES string of the molecule is CS(=O)(=O)c1ccccc1NC(=O)CNC(=O)CN. The number of benzene rings is 1. The molecule has 0 aromatic heterocycles. The summed E-state index contributed by atoms with van der Waals surface area (Å²) in [4.78, 5) is 22.5. The lowest BCUT2D eigenvalue weighted by atomic mass is 10.3. The molecule has 0 saturated carbocycles. The zero-order valence-electron chi connectivity index (χ0n) is 10.3. The van der Waals surface area contributed by atoms with Crippen molar-refractivity contribution in [3.63, 3.8) is 0 Å². The highest BCUT2D eigenvalue weighted by molar-refractivity contribution is 7.90. The molecular weight excluding hydrogens is 270 g/mol. The van der Waals surface area contributed by atoms with Crippen LogP contribution in [0.2, 0.25) is 0 Å². The molecule has 2 amide bonds. The van der Waals surface area contributed by atoms with Gasteiger partial charge in [0.05, 0.1) is 23.7 Å². The van der Waals surface area contributed by atoms with Crippen molar-refractivity contribution < 1.29 is 18.0 Å². The molecule has 0 aliphatic carbocycles. The summed E-state index contributed by atoms with van der Waals surface area (Å²) in [6.45, 7) is -0.485. The number of carbonyl (C=O) groups is 2. The van der Waals surface area contributed by atoms with Crippen molar-refractivity contribution in [2.45, 2.75) is 4.90 Å². The highest BCUT2D eigenvalue weighted by atomic mass is 32.2. The van der Waals surface area contributed by atoms with Crippen LogP contribution >= 0.6 is 0 Å². The van der Waals surface area contributed by atoms with Gasteiger partial charge in [0.15, 0.2) is 9.84 Å². The summed E-state index contributed by atoms with van der Waals surface area (Å²) in [5.74, 6) is -0.996. The lowest BCUT2D eigenvalue weighted by Gasteiger charge is -2.10. The number of nitrogens with one attached hydrogen (secondary N) is 2. The van der Waals surface area contributed by atoms with Crippen LogP contribution in [0.1, 0.15) is 0 Å². The Hall–Kier alpha value is -1.93. The van der Waals surface area contributed by atoms with Crippen LogP contribution < -0.4 is 16.4 Å². The normalized spacial score (nSPS) is 10.8. The third kappa shape index (κ3) is 4.68. The maximum atomic E-state index is 11.6. The molecule has 0 aliphatic rings. The molecule has 1 aromatic carbocycles. The maximum Gasteiger partial charge on any atom is 0.243 e. The van der Waals surface area contributed by atoms with Crippen molar-refractivity contribution in [3.05, 3.63) is 24.3 Å². The molecule has 0 spiro atoms. The first kappa shape index (κ1) is 15.1. The van der Waals surface area contributed by atoms with Gasteiger partial charge in [-0.3, -0.25) is 9.59 Å². The fraction of sp³-hybridized carbons (Fsp3) is 0.273. The summed E-state index contributed by atoms with van der Waals surface area (Å²) in [5.41, 5.74) is 5.25. The van der Waals surface area contributed by atoms with E-state index in [1.54, 1.807) is 12.1 Å². The van der Waals surface area contributed by atoms with E-state index in [0.29, 0.717) is 0 Å². The number of hydrogen-bond acceptors (Lipinski definition) is 5. The fourth-order valence-corrected chi connectivity index (χ4v) is 2.18. The standard InChI is InChI=1S/C11H15N3O4S/c1-19(17,18)9-5-3-2-4-8(9)14-11(16)7-13-10(15)6-12/h2-5H,6-7,12H2,1H3,(H,13,15)(H,14,16). The minimum absolute atomic E-state index is 0.0218. The van der Waals surface area contributed by atoms with Crippen molar-refractivity contribution in [1.29, 1.82) is 0 Å². The number of amides is 2. The summed E-state index contributed by atoms with van der Waals surface area (Å²) in [6, 6.07) is 6.02. The molecular formula is C11H15N3O4S. The van der Waals surface area contributed by atoms with E-state index in [1.165, 1.54) is 12.1 Å². The molecule has 0 fully saturated rings. The summed E-state index contributed by atoms with van der Waals surface area (Å²) in [5, 5.41) is 4.71. The molecule has 1 aromatic rings. The summed E-state index contributed by atoms with van der Waals surface area (Å²) in [6.07, 6.45) is 1.05. The maximum absolute atomic E-state index is 11.6. The van der Waals surface area contributed by atoms with Crippen LogP contribution in [-0.4, -0.2) is 39.6 Å². The monoisotopic (exact) mass is 285 g/mol. The Kier molecular flexibility index (Phi) is 5.02. The van der Waals surface area contributed by atoms with Crippen LogP contribution in [-0.2, 0) is 19.4 Å². The van der Waals surface area contributed by atoms with E-state index in [4.69, 9.17) is 5.73 Å². The number of nitrogens with two attached hydrogens (primary N) is 1. The summed E-state index contributed by atoms with van der Waals surface area (Å²) in [7, 11) is -3.44. The van der Waals surface area contributed by atoms with Crippen LogP contribution in [0.4, 0.5) is 5.69 Å². The van der Waals surface area contributed by atoms with Gasteiger partial charge in [-0.15, -0.1) is 0 Å². The predicted molar refractivity (Wildman–Crippen MR) is 70.2 cm³/mol. The Labute approximate surface area is 111 Å². The molecule has 7 nitrogen and oxygen atoms in total. The van der Waals surface area contributed by atoms with Gasteiger partial charge in [-0.05, 0) is 12.1 Å². The van der Waals surface area contributed by atoms with Crippen molar-refractivity contribution in [3.8, 4) is 0 Å². The van der Waals surface area contributed by atoms with Gasteiger partial charge in [0.2, 0.25) is 11.8 Å². The zero-order chi connectivity index (χ0) is 14.5. The van der Waals surface area contributed by atoms with Crippen LogP contribution in [0, 0.1) is 0 Å². The largest absolute Gasteiger partial charge is 0.346 e. The van der Waals surface area contributed by atoms with E-state index in [2.05, 4.69) is 10.6 Å². The fourth-order valence-electron chi connectivity index (χ4n) is 1.34. The Morgan fingerprint density at radius 3 is 2.42 bits per heavy atom. The number of para-hydroxylation sites is 1. The number of rotatable bonds is 5. The molecule has 0 bridgehead atoms. The van der Waals surface area contributed by atoms with Crippen LogP contribution in [0.5, 0.6) is 0 Å².